The van der Waals surface area contributed by atoms with Gasteiger partial charge in [-0.25, -0.2) is 5.84 Å². The average molecular weight is 473 g/mol. The zero-order valence-corrected chi connectivity index (χ0v) is 19.6. The van der Waals surface area contributed by atoms with Gasteiger partial charge in [-0.05, 0) is 42.7 Å². The Bertz CT molecular complexity index is 1150. The number of halogens is 1. The fourth-order valence-electron chi connectivity index (χ4n) is 3.51. The number of fused-ring (bicyclic) bond motifs is 1. The Morgan fingerprint density at radius 1 is 1.15 bits per heavy atom. The van der Waals surface area contributed by atoms with E-state index >= 15 is 0 Å². The van der Waals surface area contributed by atoms with Gasteiger partial charge in [-0.1, -0.05) is 37.9 Å². The third-order valence-corrected chi connectivity index (χ3v) is 5.65. The smallest absolute Gasteiger partial charge is 0.234 e. The molecule has 0 saturated carbocycles. The minimum absolute atomic E-state index is 0.00704. The van der Waals surface area contributed by atoms with Gasteiger partial charge < -0.3 is 10.0 Å². The van der Waals surface area contributed by atoms with Crippen molar-refractivity contribution < 1.29 is 14.7 Å². The van der Waals surface area contributed by atoms with Gasteiger partial charge in [0, 0.05) is 36.5 Å². The normalized spacial score (nSPS) is 11.0. The maximum Gasteiger partial charge on any atom is 0.234 e. The molecule has 1 aromatic heterocycles. The van der Waals surface area contributed by atoms with Crippen LogP contribution in [0.1, 0.15) is 50.7 Å². The molecule has 0 unspecified atom stereocenters. The number of nitrogens with two attached hydrogens (primary N) is 1. The van der Waals surface area contributed by atoms with Gasteiger partial charge in [-0.15, -0.1) is 15.0 Å². The Morgan fingerprint density at radius 2 is 1.91 bits per heavy atom. The second kappa shape index (κ2) is 11.1. The van der Waals surface area contributed by atoms with Crippen molar-refractivity contribution in [3.63, 3.8) is 0 Å². The minimum Gasteiger partial charge on any atom is -0.505 e. The molecule has 0 bridgehead atoms. The summed E-state index contributed by atoms with van der Waals surface area (Å²) in [6.45, 7) is 4.78. The molecule has 3 rings (SSSR count). The number of rotatable bonds is 10. The number of amides is 2. The highest BCUT2D eigenvalue weighted by Gasteiger charge is 2.20. The van der Waals surface area contributed by atoms with Gasteiger partial charge in [-0.2, -0.15) is 0 Å². The van der Waals surface area contributed by atoms with Gasteiger partial charge in [0.25, 0.3) is 0 Å². The molecule has 0 aliphatic heterocycles. The average Bonchev–Trinajstić information content (AvgIpc) is 3.23. The van der Waals surface area contributed by atoms with Crippen molar-refractivity contribution >= 4 is 34.4 Å². The number of aromatic hydroxyl groups is 1. The molecular formula is C23H29ClN6O3. The van der Waals surface area contributed by atoms with Crippen LogP contribution in [0, 0.1) is 0 Å². The zero-order chi connectivity index (χ0) is 24.0. The molecule has 0 saturated heterocycles. The fraction of sp³-hybridized carbons (Fsp3) is 0.391. The number of hydrogen-bond donors (Lipinski definition) is 3. The lowest BCUT2D eigenvalue weighted by molar-refractivity contribution is -0.134. The van der Waals surface area contributed by atoms with Gasteiger partial charge in [0.2, 0.25) is 11.8 Å². The number of benzene rings is 2. The predicted molar refractivity (Wildman–Crippen MR) is 127 cm³/mol. The van der Waals surface area contributed by atoms with E-state index in [1.807, 2.05) is 31.4 Å². The van der Waals surface area contributed by atoms with Crippen molar-refractivity contribution in [2.45, 2.75) is 52.5 Å². The van der Waals surface area contributed by atoms with E-state index in [0.29, 0.717) is 33.9 Å². The Morgan fingerprint density at radius 3 is 2.61 bits per heavy atom. The summed E-state index contributed by atoms with van der Waals surface area (Å²) in [6, 6.07) is 8.94. The van der Waals surface area contributed by atoms with E-state index in [1.54, 1.807) is 23.1 Å². The summed E-state index contributed by atoms with van der Waals surface area (Å²) >= 11 is 6.07. The minimum atomic E-state index is -0.395. The van der Waals surface area contributed by atoms with Crippen LogP contribution in [0.15, 0.2) is 30.3 Å². The summed E-state index contributed by atoms with van der Waals surface area (Å²) in [4.78, 5) is 27.4. The standard InChI is InChI=1S/C23H29ClN6O3/c1-3-5-10-29(22(32)9-8-21(31)26-25)14-16-11-15(4-2)12-20(23(16)33)30-27-18-7-6-17(24)13-19(18)28-30/h6-7,11-13,33H,3-5,8-10,14,25H2,1-2H3,(H,26,31). The molecule has 0 aliphatic carbocycles. The first kappa shape index (κ1) is 24.5. The summed E-state index contributed by atoms with van der Waals surface area (Å²) in [5.41, 5.74) is 5.31. The first-order chi connectivity index (χ1) is 15.9. The highest BCUT2D eigenvalue weighted by atomic mass is 35.5. The molecule has 4 N–H and O–H groups in total. The van der Waals surface area contributed by atoms with E-state index in [0.717, 1.165) is 24.8 Å². The summed E-state index contributed by atoms with van der Waals surface area (Å²) < 4.78 is 0. The summed E-state index contributed by atoms with van der Waals surface area (Å²) in [5.74, 6) is 4.56. The lowest BCUT2D eigenvalue weighted by Crippen LogP contribution is -2.34. The van der Waals surface area contributed by atoms with E-state index < -0.39 is 5.91 Å². The second-order valence-corrected chi connectivity index (χ2v) is 8.27. The molecule has 2 amide bonds. The first-order valence-corrected chi connectivity index (χ1v) is 11.4. The van der Waals surface area contributed by atoms with E-state index in [-0.39, 0.29) is 31.0 Å². The lowest BCUT2D eigenvalue weighted by atomic mass is 10.0. The number of aryl methyl sites for hydroxylation is 1. The molecule has 0 fully saturated rings. The van der Waals surface area contributed by atoms with Crippen LogP contribution in [0.5, 0.6) is 5.75 Å². The van der Waals surface area contributed by atoms with Crippen LogP contribution in [-0.2, 0) is 22.6 Å². The van der Waals surface area contributed by atoms with Crippen molar-refractivity contribution in [1.29, 1.82) is 0 Å². The fourth-order valence-corrected chi connectivity index (χ4v) is 3.68. The first-order valence-electron chi connectivity index (χ1n) is 11.0. The molecule has 10 heteroatoms. The number of hydrazine groups is 1. The van der Waals surface area contributed by atoms with Crippen LogP contribution in [0.2, 0.25) is 5.02 Å². The molecule has 1 heterocycles. The Balaban J connectivity index is 1.94. The van der Waals surface area contributed by atoms with Crippen LogP contribution < -0.4 is 11.3 Å². The van der Waals surface area contributed by atoms with Crippen molar-refractivity contribution in [3.8, 4) is 11.4 Å². The van der Waals surface area contributed by atoms with Gasteiger partial charge >= 0.3 is 0 Å². The molecule has 176 valence electrons. The number of hydrogen-bond acceptors (Lipinski definition) is 6. The maximum absolute atomic E-state index is 12.8. The molecule has 0 spiro atoms. The molecule has 2 aromatic carbocycles. The quantitative estimate of drug-likeness (QED) is 0.236. The van der Waals surface area contributed by atoms with Gasteiger partial charge in [-0.3, -0.25) is 15.0 Å². The van der Waals surface area contributed by atoms with Crippen molar-refractivity contribution in [2.24, 2.45) is 5.84 Å². The Hall–Kier alpha value is -3.17. The predicted octanol–water partition coefficient (Wildman–Crippen LogP) is 3.24. The van der Waals surface area contributed by atoms with E-state index in [9.17, 15) is 14.7 Å². The van der Waals surface area contributed by atoms with Crippen LogP contribution in [0.25, 0.3) is 16.7 Å². The van der Waals surface area contributed by atoms with Gasteiger partial charge in [0.05, 0.1) is 0 Å². The molecule has 0 atom stereocenters. The van der Waals surface area contributed by atoms with Gasteiger partial charge in [0.15, 0.2) is 0 Å². The third kappa shape index (κ3) is 6.00. The molecule has 3 aromatic rings. The SMILES string of the molecule is CCCCN(Cc1cc(CC)cc(-n2nc3ccc(Cl)cc3n2)c1O)C(=O)CCC(=O)NN. The highest BCUT2D eigenvalue weighted by Crippen LogP contribution is 2.30. The number of nitrogens with zero attached hydrogens (tertiary/aromatic N) is 4. The molecular weight excluding hydrogens is 444 g/mol. The Kier molecular flexibility index (Phi) is 8.24. The molecule has 0 radical (unpaired) electrons. The third-order valence-electron chi connectivity index (χ3n) is 5.42. The van der Waals surface area contributed by atoms with Crippen LogP contribution in [0.3, 0.4) is 0 Å². The lowest BCUT2D eigenvalue weighted by Gasteiger charge is -2.24. The molecule has 33 heavy (non-hydrogen) atoms. The number of nitrogens with one attached hydrogen (secondary N) is 1. The van der Waals surface area contributed by atoms with Crippen LogP contribution >= 0.6 is 11.6 Å². The number of phenols is 1. The highest BCUT2D eigenvalue weighted by molar-refractivity contribution is 6.31. The molecule has 0 aliphatic rings. The van der Waals surface area contributed by atoms with E-state index in [4.69, 9.17) is 17.4 Å². The van der Waals surface area contributed by atoms with Gasteiger partial charge in [0.1, 0.15) is 22.5 Å². The van der Waals surface area contributed by atoms with Crippen LogP contribution in [-0.4, -0.2) is 43.4 Å². The monoisotopic (exact) mass is 472 g/mol. The van der Waals surface area contributed by atoms with Crippen molar-refractivity contribution in [1.82, 2.24) is 25.3 Å². The summed E-state index contributed by atoms with van der Waals surface area (Å²) in [6.07, 6.45) is 2.50. The number of aromatic nitrogens is 3. The van der Waals surface area contributed by atoms with Crippen molar-refractivity contribution in [2.75, 3.05) is 6.54 Å². The number of carbonyl (C=O) groups excluding carboxylic acids is 2. The molecule has 9 nitrogen and oxygen atoms in total. The number of carbonyl (C=O) groups is 2. The van der Waals surface area contributed by atoms with E-state index in [1.165, 1.54) is 4.80 Å². The largest absolute Gasteiger partial charge is 0.505 e. The Labute approximate surface area is 197 Å². The second-order valence-electron chi connectivity index (χ2n) is 7.84. The van der Waals surface area contributed by atoms with E-state index in [2.05, 4.69) is 10.2 Å². The van der Waals surface area contributed by atoms with Crippen LogP contribution in [0.4, 0.5) is 0 Å². The zero-order valence-electron chi connectivity index (χ0n) is 18.8. The maximum atomic E-state index is 12.8. The van der Waals surface area contributed by atoms with Crippen molar-refractivity contribution in [3.05, 3.63) is 46.5 Å². The topological polar surface area (TPSA) is 126 Å². The summed E-state index contributed by atoms with van der Waals surface area (Å²) in [7, 11) is 0. The number of phenolic OH excluding ortho intramolecular Hbond substituents is 1. The summed E-state index contributed by atoms with van der Waals surface area (Å²) in [5, 5.41) is 20.6. The number of unbranched alkanes of at least 4 members (excludes halogenated alkanes) is 1.